The lowest BCUT2D eigenvalue weighted by Gasteiger charge is -2.32. The van der Waals surface area contributed by atoms with Crippen molar-refractivity contribution in [2.24, 2.45) is 11.7 Å². The number of nitrogens with zero attached hydrogens (tertiary/aromatic N) is 5. The number of halogens is 3. The van der Waals surface area contributed by atoms with Crippen LogP contribution in [0.2, 0.25) is 10.0 Å². The highest BCUT2D eigenvalue weighted by atomic mass is 35.5. The van der Waals surface area contributed by atoms with Gasteiger partial charge >= 0.3 is 0 Å². The number of aromatic nitrogens is 4. The molecule has 0 bridgehead atoms. The molecule has 2 aromatic heterocycles. The maximum absolute atomic E-state index is 14.9. The zero-order valence-electron chi connectivity index (χ0n) is 24.5. The molecule has 0 spiro atoms. The first kappa shape index (κ1) is 31.5. The summed E-state index contributed by atoms with van der Waals surface area (Å²) >= 11 is 12.3. The van der Waals surface area contributed by atoms with E-state index in [0.29, 0.717) is 61.7 Å². The van der Waals surface area contributed by atoms with Crippen LogP contribution in [0.5, 0.6) is 0 Å². The molecular formula is C30H33Cl2FN8O3S. The fourth-order valence-electron chi connectivity index (χ4n) is 6.11. The lowest BCUT2D eigenvalue weighted by Crippen LogP contribution is -2.45. The number of primary amides is 1. The Morgan fingerprint density at radius 2 is 1.80 bits per heavy atom. The van der Waals surface area contributed by atoms with Crippen LogP contribution in [-0.4, -0.2) is 57.3 Å². The third-order valence-corrected chi connectivity index (χ3v) is 10.9. The summed E-state index contributed by atoms with van der Waals surface area (Å²) < 4.78 is 45.0. The Morgan fingerprint density at radius 1 is 1.07 bits per heavy atom. The molecule has 45 heavy (non-hydrogen) atoms. The molecule has 1 saturated carbocycles. The summed E-state index contributed by atoms with van der Waals surface area (Å²) in [7, 11) is -3.66. The number of anilines is 3. The second kappa shape index (κ2) is 12.7. The first-order valence-corrected chi connectivity index (χ1v) is 17.0. The molecule has 11 nitrogen and oxygen atoms in total. The smallest absolute Gasteiger partial charge is 0.243 e. The highest BCUT2D eigenvalue weighted by molar-refractivity contribution is 7.89. The van der Waals surface area contributed by atoms with Crippen molar-refractivity contribution < 1.29 is 17.6 Å². The Morgan fingerprint density at radius 3 is 2.49 bits per heavy atom. The Kier molecular flexibility index (Phi) is 8.88. The fraction of sp³-hybridized carbons (Fsp3) is 0.400. The van der Waals surface area contributed by atoms with Gasteiger partial charge in [0, 0.05) is 36.1 Å². The van der Waals surface area contributed by atoms with Crippen LogP contribution in [0.15, 0.2) is 47.5 Å². The van der Waals surface area contributed by atoms with Crippen molar-refractivity contribution in [1.29, 1.82) is 0 Å². The van der Waals surface area contributed by atoms with Crippen molar-refractivity contribution in [3.63, 3.8) is 0 Å². The zero-order valence-corrected chi connectivity index (χ0v) is 26.8. The van der Waals surface area contributed by atoms with Crippen molar-refractivity contribution in [3.05, 3.63) is 64.0 Å². The number of rotatable bonds is 8. The first-order chi connectivity index (χ1) is 21.5. The molecule has 2 fully saturated rings. The Balaban J connectivity index is 1.30. The van der Waals surface area contributed by atoms with Gasteiger partial charge in [-0.2, -0.15) is 9.29 Å². The second-order valence-electron chi connectivity index (χ2n) is 11.6. The van der Waals surface area contributed by atoms with Crippen LogP contribution in [0.4, 0.5) is 22.0 Å². The number of nitrogens with two attached hydrogens (primary N) is 1. The third-order valence-electron chi connectivity index (χ3n) is 8.52. The molecule has 15 heteroatoms. The van der Waals surface area contributed by atoms with E-state index in [1.54, 1.807) is 30.5 Å². The monoisotopic (exact) mass is 674 g/mol. The zero-order chi connectivity index (χ0) is 31.9. The van der Waals surface area contributed by atoms with Crippen LogP contribution in [0.25, 0.3) is 11.2 Å². The molecule has 2 aliphatic rings. The number of aryl methyl sites for hydroxylation is 1. The number of sulfonamides is 1. The van der Waals surface area contributed by atoms with E-state index in [-0.39, 0.29) is 51.1 Å². The summed E-state index contributed by atoms with van der Waals surface area (Å²) in [6, 6.07) is 9.10. The summed E-state index contributed by atoms with van der Waals surface area (Å²) in [6.45, 7) is 2.60. The molecule has 4 aromatic rings. The first-order valence-electron chi connectivity index (χ1n) is 14.8. The minimum absolute atomic E-state index is 0.0202. The Bertz CT molecular complexity index is 1820. The lowest BCUT2D eigenvalue weighted by atomic mass is 9.85. The predicted octanol–water partition coefficient (Wildman–Crippen LogP) is 5.81. The number of nitrogens with one attached hydrogen (secondary N) is 2. The van der Waals surface area contributed by atoms with Gasteiger partial charge in [0.05, 0.1) is 21.8 Å². The molecule has 1 atom stereocenters. The van der Waals surface area contributed by atoms with E-state index in [0.717, 1.165) is 18.1 Å². The second-order valence-corrected chi connectivity index (χ2v) is 14.4. The summed E-state index contributed by atoms with van der Waals surface area (Å²) in [5.74, 6) is -0.546. The van der Waals surface area contributed by atoms with Crippen LogP contribution in [0.3, 0.4) is 0 Å². The van der Waals surface area contributed by atoms with Crippen molar-refractivity contribution in [1.82, 2.24) is 23.8 Å². The highest BCUT2D eigenvalue weighted by Crippen LogP contribution is 2.38. The van der Waals surface area contributed by atoms with Crippen LogP contribution in [0.1, 0.15) is 50.1 Å². The molecule has 0 unspecified atom stereocenters. The van der Waals surface area contributed by atoms with Crippen LogP contribution >= 0.6 is 23.2 Å². The fourth-order valence-corrected chi connectivity index (χ4v) is 8.15. The van der Waals surface area contributed by atoms with E-state index in [1.807, 2.05) is 11.5 Å². The highest BCUT2D eigenvalue weighted by Gasteiger charge is 2.32. The van der Waals surface area contributed by atoms with Crippen molar-refractivity contribution in [2.75, 3.05) is 23.7 Å². The number of piperidine rings is 1. The van der Waals surface area contributed by atoms with Crippen LogP contribution in [-0.2, 0) is 14.8 Å². The largest absolute Gasteiger partial charge is 0.369 e. The van der Waals surface area contributed by atoms with Crippen molar-refractivity contribution >= 4 is 67.9 Å². The van der Waals surface area contributed by atoms with Crippen molar-refractivity contribution in [2.45, 2.75) is 62.4 Å². The van der Waals surface area contributed by atoms with Crippen LogP contribution in [0, 0.1) is 18.7 Å². The molecule has 1 aliphatic heterocycles. The molecule has 1 saturated heterocycles. The van der Waals surface area contributed by atoms with Crippen LogP contribution < -0.4 is 16.4 Å². The predicted molar refractivity (Wildman–Crippen MR) is 172 cm³/mol. The average Bonchev–Trinajstić information content (AvgIpc) is 3.36. The number of amides is 1. The van der Waals surface area contributed by atoms with Gasteiger partial charge in [-0.3, -0.25) is 9.36 Å². The maximum atomic E-state index is 14.9. The molecule has 2 aromatic carbocycles. The Hall–Kier alpha value is -3.52. The molecule has 238 valence electrons. The SMILES string of the molecule is Cc1ccc(S(=O)(=O)N2CCC[C@@H](Nc3ncc4nc(Nc5c(F)cc(Cl)cc5Cl)n(C5CCC(C(N)=O)CC5)c4n3)C2)cc1. The maximum Gasteiger partial charge on any atom is 0.243 e. The van der Waals surface area contributed by atoms with Gasteiger partial charge in [-0.1, -0.05) is 40.9 Å². The minimum atomic E-state index is -3.66. The molecule has 0 radical (unpaired) electrons. The number of hydrogen-bond donors (Lipinski definition) is 3. The number of benzene rings is 2. The van der Waals surface area contributed by atoms with Gasteiger partial charge in [0.25, 0.3) is 0 Å². The quantitative estimate of drug-likeness (QED) is 0.212. The van der Waals surface area contributed by atoms with Gasteiger partial charge in [-0.05, 0) is 69.7 Å². The number of hydrogen-bond acceptors (Lipinski definition) is 8. The van der Waals surface area contributed by atoms with E-state index < -0.39 is 15.8 Å². The average molecular weight is 676 g/mol. The number of imidazole rings is 1. The molecule has 3 heterocycles. The Labute approximate surface area is 270 Å². The topological polar surface area (TPSA) is 148 Å². The molecule has 1 amide bonds. The number of carbonyl (C=O) groups excluding carboxylic acids is 1. The standard InChI is InChI=1S/C30H33Cl2FN8O3S/c1-17-4-10-22(11-5-17)45(43,44)40-12-2-3-20(16-40)36-29-35-15-25-28(39-29)41(21-8-6-18(7-9-21)27(34)42)30(37-25)38-26-23(32)13-19(31)14-24(26)33/h4-5,10-11,13-15,18,20-21H,2-3,6-9,12,16H2,1H3,(H2,34,42)(H,37,38)(H,35,36,39)/t18?,20-,21?/m1/s1. The summed E-state index contributed by atoms with van der Waals surface area (Å²) in [4.78, 5) is 26.1. The lowest BCUT2D eigenvalue weighted by molar-refractivity contribution is -0.122. The van der Waals surface area contributed by atoms with E-state index in [2.05, 4.69) is 20.6 Å². The molecule has 4 N–H and O–H groups in total. The molecule has 6 rings (SSSR count). The summed E-state index contributed by atoms with van der Waals surface area (Å²) in [5, 5.41) is 6.61. The molecule has 1 aliphatic carbocycles. The summed E-state index contributed by atoms with van der Waals surface area (Å²) in [5.41, 5.74) is 7.56. The number of fused-ring (bicyclic) bond motifs is 1. The van der Waals surface area contributed by atoms with Gasteiger partial charge in [0.15, 0.2) is 5.65 Å². The van der Waals surface area contributed by atoms with E-state index in [9.17, 15) is 17.6 Å². The molecular weight excluding hydrogens is 642 g/mol. The van der Waals surface area contributed by atoms with E-state index in [4.69, 9.17) is 33.9 Å². The number of carbonyl (C=O) groups is 1. The van der Waals surface area contributed by atoms with Gasteiger partial charge < -0.3 is 16.4 Å². The van der Waals surface area contributed by atoms with Crippen molar-refractivity contribution in [3.8, 4) is 0 Å². The van der Waals surface area contributed by atoms with E-state index >= 15 is 0 Å². The van der Waals surface area contributed by atoms with Gasteiger partial charge in [0.1, 0.15) is 11.3 Å². The van der Waals surface area contributed by atoms with Gasteiger partial charge in [-0.15, -0.1) is 0 Å². The van der Waals surface area contributed by atoms with E-state index in [1.165, 1.54) is 10.4 Å². The minimum Gasteiger partial charge on any atom is -0.369 e. The van der Waals surface area contributed by atoms with Gasteiger partial charge in [-0.25, -0.2) is 22.8 Å². The normalized spacial score (nSPS) is 21.1. The van der Waals surface area contributed by atoms with Gasteiger partial charge in [0.2, 0.25) is 27.8 Å². The third kappa shape index (κ3) is 6.57. The summed E-state index contributed by atoms with van der Waals surface area (Å²) in [6.07, 6.45) is 5.44.